The van der Waals surface area contributed by atoms with Crippen LogP contribution in [-0.4, -0.2) is 29.4 Å². The maximum atomic E-state index is 11.8. The zero-order valence-electron chi connectivity index (χ0n) is 17.9. The van der Waals surface area contributed by atoms with Crippen LogP contribution in [0.2, 0.25) is 5.15 Å². The Kier molecular flexibility index (Phi) is 5.82. The van der Waals surface area contributed by atoms with Crippen LogP contribution in [0.1, 0.15) is 32.1 Å². The monoisotopic (exact) mass is 481 g/mol. The van der Waals surface area contributed by atoms with Gasteiger partial charge in [-0.15, -0.1) is 0 Å². The third kappa shape index (κ3) is 4.73. The quantitative estimate of drug-likeness (QED) is 0.333. The molecule has 170 valence electrons. The van der Waals surface area contributed by atoms with Gasteiger partial charge in [0.1, 0.15) is 16.6 Å². The number of hydrogen-bond acceptors (Lipinski definition) is 5. The molecular weight excluding hydrogens is 458 g/mol. The van der Waals surface area contributed by atoms with Crippen molar-refractivity contribution in [1.82, 2.24) is 15.0 Å². The molecule has 0 unspecified atom stereocenters. The summed E-state index contributed by atoms with van der Waals surface area (Å²) in [7, 11) is -3.79. The number of anilines is 1. The van der Waals surface area contributed by atoms with Crippen molar-refractivity contribution in [3.8, 4) is 22.3 Å². The highest BCUT2D eigenvalue weighted by Gasteiger charge is 2.16. The van der Waals surface area contributed by atoms with Gasteiger partial charge in [-0.05, 0) is 54.3 Å². The first-order valence-electron chi connectivity index (χ1n) is 10.9. The summed E-state index contributed by atoms with van der Waals surface area (Å²) in [6.45, 7) is 0. The van der Waals surface area contributed by atoms with Gasteiger partial charge in [-0.3, -0.25) is 0 Å². The first-order valence-corrected chi connectivity index (χ1v) is 12.8. The minimum atomic E-state index is -3.79. The number of nitrogens with one attached hydrogen (secondary N) is 2. The Morgan fingerprint density at radius 2 is 1.85 bits per heavy atom. The molecule has 0 bridgehead atoms. The molecule has 1 fully saturated rings. The highest BCUT2D eigenvalue weighted by molar-refractivity contribution is 7.89. The van der Waals surface area contributed by atoms with Gasteiger partial charge >= 0.3 is 0 Å². The van der Waals surface area contributed by atoms with Crippen LogP contribution in [0.4, 0.5) is 5.82 Å². The van der Waals surface area contributed by atoms with Crippen molar-refractivity contribution >= 4 is 38.5 Å². The molecule has 33 heavy (non-hydrogen) atoms. The number of aromatic nitrogens is 3. The van der Waals surface area contributed by atoms with Gasteiger partial charge < -0.3 is 10.3 Å². The second kappa shape index (κ2) is 8.78. The first-order chi connectivity index (χ1) is 15.9. The fraction of sp³-hybridized carbons (Fsp3) is 0.250. The van der Waals surface area contributed by atoms with E-state index in [1.54, 1.807) is 18.3 Å². The molecule has 0 radical (unpaired) electrons. The number of aromatic amines is 1. The van der Waals surface area contributed by atoms with E-state index in [1.165, 1.54) is 25.3 Å². The van der Waals surface area contributed by atoms with Crippen molar-refractivity contribution in [3.63, 3.8) is 0 Å². The second-order valence-electron chi connectivity index (χ2n) is 8.44. The molecule has 1 aliphatic carbocycles. The van der Waals surface area contributed by atoms with Crippen LogP contribution in [-0.2, 0) is 10.0 Å². The SMILES string of the molecule is NS(=O)(=O)c1cccc(-c2cnc3[nH]cc(-c4cc(Cl)nc(NC5CCCCC5)c4)c3c2)c1. The number of primary sulfonamides is 1. The highest BCUT2D eigenvalue weighted by Crippen LogP contribution is 2.34. The fourth-order valence-corrected chi connectivity index (χ4v) is 5.20. The van der Waals surface area contributed by atoms with E-state index in [0.29, 0.717) is 11.2 Å². The zero-order chi connectivity index (χ0) is 23.0. The summed E-state index contributed by atoms with van der Waals surface area (Å²) in [4.78, 5) is 12.3. The van der Waals surface area contributed by atoms with Crippen LogP contribution >= 0.6 is 11.6 Å². The molecule has 3 aromatic heterocycles. The van der Waals surface area contributed by atoms with E-state index in [9.17, 15) is 8.42 Å². The number of halogens is 1. The first kappa shape index (κ1) is 21.9. The summed E-state index contributed by atoms with van der Waals surface area (Å²) in [6.07, 6.45) is 9.64. The number of H-pyrrole nitrogens is 1. The van der Waals surface area contributed by atoms with Crippen molar-refractivity contribution in [3.05, 3.63) is 60.0 Å². The van der Waals surface area contributed by atoms with Crippen molar-refractivity contribution in [2.45, 2.75) is 43.0 Å². The van der Waals surface area contributed by atoms with E-state index in [4.69, 9.17) is 16.7 Å². The molecule has 4 N–H and O–H groups in total. The van der Waals surface area contributed by atoms with Gasteiger partial charge in [-0.2, -0.15) is 0 Å². The van der Waals surface area contributed by atoms with Crippen LogP contribution in [0.15, 0.2) is 59.8 Å². The lowest BCUT2D eigenvalue weighted by atomic mass is 9.95. The molecule has 0 spiro atoms. The van der Waals surface area contributed by atoms with Gasteiger partial charge in [0.05, 0.1) is 4.90 Å². The fourth-order valence-electron chi connectivity index (χ4n) is 4.44. The summed E-state index contributed by atoms with van der Waals surface area (Å²) >= 11 is 6.38. The Labute approximate surface area is 197 Å². The summed E-state index contributed by atoms with van der Waals surface area (Å²) in [5.74, 6) is 0.767. The van der Waals surface area contributed by atoms with Gasteiger partial charge in [0, 0.05) is 34.9 Å². The van der Waals surface area contributed by atoms with Gasteiger partial charge in [-0.1, -0.05) is 43.0 Å². The molecule has 0 aliphatic heterocycles. The molecule has 1 saturated carbocycles. The molecular formula is C24H24ClN5O2S. The molecule has 7 nitrogen and oxygen atoms in total. The minimum Gasteiger partial charge on any atom is -0.367 e. The minimum absolute atomic E-state index is 0.0636. The molecule has 1 aliphatic rings. The van der Waals surface area contributed by atoms with Gasteiger partial charge in [-0.25, -0.2) is 23.5 Å². The smallest absolute Gasteiger partial charge is 0.238 e. The van der Waals surface area contributed by atoms with Crippen molar-refractivity contribution in [2.75, 3.05) is 5.32 Å². The van der Waals surface area contributed by atoms with Gasteiger partial charge in [0.15, 0.2) is 0 Å². The number of benzene rings is 1. The Balaban J connectivity index is 1.53. The topological polar surface area (TPSA) is 114 Å². The van der Waals surface area contributed by atoms with Crippen molar-refractivity contribution in [1.29, 1.82) is 0 Å². The standard InChI is InChI=1S/C24H24ClN5O2S/c25-22-11-16(12-23(30-22)29-18-6-2-1-3-7-18)21-14-28-24-20(21)10-17(13-27-24)15-5-4-8-19(9-15)33(26,31)32/h4-5,8-14,18H,1-3,6-7H2,(H,27,28)(H,29,30)(H2,26,31,32). The zero-order valence-corrected chi connectivity index (χ0v) is 19.5. The molecule has 0 saturated heterocycles. The van der Waals surface area contributed by atoms with Crippen LogP contribution in [0.5, 0.6) is 0 Å². The third-order valence-corrected chi connectivity index (χ3v) is 7.19. The van der Waals surface area contributed by atoms with Crippen LogP contribution in [0.3, 0.4) is 0 Å². The van der Waals surface area contributed by atoms with E-state index >= 15 is 0 Å². The maximum Gasteiger partial charge on any atom is 0.238 e. The van der Waals surface area contributed by atoms with Gasteiger partial charge in [0.2, 0.25) is 10.0 Å². The number of hydrogen-bond donors (Lipinski definition) is 3. The van der Waals surface area contributed by atoms with Crippen LogP contribution in [0, 0.1) is 0 Å². The lowest BCUT2D eigenvalue weighted by Gasteiger charge is -2.23. The van der Waals surface area contributed by atoms with Crippen molar-refractivity contribution in [2.24, 2.45) is 5.14 Å². The average molecular weight is 482 g/mol. The van der Waals surface area contributed by atoms with Crippen LogP contribution < -0.4 is 10.5 Å². The molecule has 9 heteroatoms. The number of fused-ring (bicyclic) bond motifs is 1. The average Bonchev–Trinajstić information content (AvgIpc) is 3.22. The predicted molar refractivity (Wildman–Crippen MR) is 132 cm³/mol. The molecule has 4 aromatic rings. The summed E-state index contributed by atoms with van der Waals surface area (Å²) in [5.41, 5.74) is 4.10. The number of rotatable bonds is 5. The second-order valence-corrected chi connectivity index (χ2v) is 10.4. The number of nitrogens with two attached hydrogens (primary N) is 1. The van der Waals surface area contributed by atoms with Crippen LogP contribution in [0.25, 0.3) is 33.3 Å². The Bertz CT molecular complexity index is 1430. The van der Waals surface area contributed by atoms with Crippen molar-refractivity contribution < 1.29 is 8.42 Å². The van der Waals surface area contributed by atoms with E-state index in [-0.39, 0.29) is 4.90 Å². The van der Waals surface area contributed by atoms with E-state index in [1.807, 2.05) is 30.5 Å². The highest BCUT2D eigenvalue weighted by atomic mass is 35.5. The Morgan fingerprint density at radius 1 is 1.03 bits per heavy atom. The third-order valence-electron chi connectivity index (χ3n) is 6.09. The largest absolute Gasteiger partial charge is 0.367 e. The lowest BCUT2D eigenvalue weighted by molar-refractivity contribution is 0.462. The van der Waals surface area contributed by atoms with Gasteiger partial charge in [0.25, 0.3) is 0 Å². The summed E-state index contributed by atoms with van der Waals surface area (Å²) < 4.78 is 23.5. The molecule has 0 atom stereocenters. The predicted octanol–water partition coefficient (Wildman–Crippen LogP) is 5.34. The molecule has 0 amide bonds. The Morgan fingerprint density at radius 3 is 2.64 bits per heavy atom. The normalized spacial score (nSPS) is 15.1. The van der Waals surface area contributed by atoms with E-state index in [0.717, 1.165) is 51.9 Å². The number of nitrogens with zero attached hydrogens (tertiary/aromatic N) is 2. The summed E-state index contributed by atoms with van der Waals surface area (Å²) in [6, 6.07) is 12.8. The van der Waals surface area contributed by atoms with E-state index in [2.05, 4.69) is 20.3 Å². The Hall–Kier alpha value is -2.94. The molecule has 3 heterocycles. The van der Waals surface area contributed by atoms with E-state index < -0.39 is 10.0 Å². The number of sulfonamides is 1. The number of pyridine rings is 2. The molecule has 5 rings (SSSR count). The molecule has 1 aromatic carbocycles. The maximum absolute atomic E-state index is 11.8. The lowest BCUT2D eigenvalue weighted by Crippen LogP contribution is -2.22. The summed E-state index contributed by atoms with van der Waals surface area (Å²) in [5, 5.41) is 10.2.